The predicted octanol–water partition coefficient (Wildman–Crippen LogP) is 7.33. The highest BCUT2D eigenvalue weighted by atomic mass is 16.5. The number of aromatic nitrogens is 2. The van der Waals surface area contributed by atoms with E-state index in [0.29, 0.717) is 19.6 Å². The number of aryl methyl sites for hydroxylation is 1. The number of rotatable bonds is 7. The van der Waals surface area contributed by atoms with Crippen molar-refractivity contribution in [1.82, 2.24) is 9.55 Å². The van der Waals surface area contributed by atoms with Crippen molar-refractivity contribution in [2.75, 3.05) is 18.1 Å². The van der Waals surface area contributed by atoms with Gasteiger partial charge in [-0.05, 0) is 52.9 Å². The van der Waals surface area contributed by atoms with Crippen molar-refractivity contribution in [1.29, 1.82) is 0 Å². The van der Waals surface area contributed by atoms with Crippen molar-refractivity contribution in [3.05, 3.63) is 115 Å². The summed E-state index contributed by atoms with van der Waals surface area (Å²) in [4.78, 5) is 20.3. The van der Waals surface area contributed by atoms with Crippen LogP contribution in [0.15, 0.2) is 109 Å². The van der Waals surface area contributed by atoms with Gasteiger partial charge in [0.25, 0.3) is 0 Å². The molecule has 1 amide bonds. The van der Waals surface area contributed by atoms with Gasteiger partial charge in [-0.1, -0.05) is 78.9 Å². The standard InChI is InChI=1S/C34H29N3O2/c38-33-22-27(23-37(33)31-16-7-12-25-10-3-4-13-29(25)31)34-35-30-14-5-6-15-32(30)36(34)19-8-20-39-28-18-17-24-9-1-2-11-26(24)21-28/h1-7,9-18,21,27H,8,19-20,22-23H2. The van der Waals surface area contributed by atoms with E-state index in [9.17, 15) is 4.79 Å². The molecule has 7 rings (SSSR count). The van der Waals surface area contributed by atoms with Gasteiger partial charge in [0.05, 0.1) is 23.3 Å². The van der Waals surface area contributed by atoms with E-state index in [0.717, 1.165) is 52.0 Å². The molecule has 5 heteroatoms. The number of para-hydroxylation sites is 2. The molecule has 1 aliphatic heterocycles. The molecule has 1 aliphatic rings. The first kappa shape index (κ1) is 23.5. The lowest BCUT2D eigenvalue weighted by molar-refractivity contribution is -0.117. The zero-order valence-corrected chi connectivity index (χ0v) is 21.7. The third-order valence-corrected chi connectivity index (χ3v) is 7.75. The Hall–Kier alpha value is -4.64. The van der Waals surface area contributed by atoms with Gasteiger partial charge in [-0.25, -0.2) is 4.98 Å². The molecule has 0 N–H and O–H groups in total. The van der Waals surface area contributed by atoms with Crippen molar-refractivity contribution in [2.45, 2.75) is 25.3 Å². The molecule has 1 atom stereocenters. The fourth-order valence-electron chi connectivity index (χ4n) is 5.87. The van der Waals surface area contributed by atoms with E-state index in [4.69, 9.17) is 9.72 Å². The number of hydrogen-bond donors (Lipinski definition) is 0. The van der Waals surface area contributed by atoms with E-state index >= 15 is 0 Å². The summed E-state index contributed by atoms with van der Waals surface area (Å²) in [5.74, 6) is 2.05. The molecule has 39 heavy (non-hydrogen) atoms. The molecule has 1 fully saturated rings. The van der Waals surface area contributed by atoms with Gasteiger partial charge in [0.1, 0.15) is 11.6 Å². The second-order valence-electron chi connectivity index (χ2n) is 10.2. The highest BCUT2D eigenvalue weighted by Gasteiger charge is 2.35. The molecule has 2 heterocycles. The third-order valence-electron chi connectivity index (χ3n) is 7.75. The number of amides is 1. The largest absolute Gasteiger partial charge is 0.494 e. The lowest BCUT2D eigenvalue weighted by Gasteiger charge is -2.19. The average molecular weight is 512 g/mol. The van der Waals surface area contributed by atoms with Crippen LogP contribution in [0, 0.1) is 0 Å². The smallest absolute Gasteiger partial charge is 0.227 e. The fourth-order valence-corrected chi connectivity index (χ4v) is 5.87. The Labute approximate surface area is 227 Å². The van der Waals surface area contributed by atoms with Crippen LogP contribution in [0.25, 0.3) is 32.6 Å². The normalized spacial score (nSPS) is 15.5. The van der Waals surface area contributed by atoms with E-state index in [1.54, 1.807) is 0 Å². The maximum Gasteiger partial charge on any atom is 0.227 e. The summed E-state index contributed by atoms with van der Waals surface area (Å²) >= 11 is 0. The fraction of sp³-hybridized carbons (Fsp3) is 0.176. The van der Waals surface area contributed by atoms with Crippen LogP contribution in [0.1, 0.15) is 24.6 Å². The molecule has 0 spiro atoms. The third kappa shape index (κ3) is 4.40. The number of carbonyl (C=O) groups excluding carboxylic acids is 1. The maximum absolute atomic E-state index is 13.3. The van der Waals surface area contributed by atoms with Gasteiger partial charge in [-0.3, -0.25) is 4.79 Å². The highest BCUT2D eigenvalue weighted by molar-refractivity contribution is 6.05. The molecule has 0 radical (unpaired) electrons. The van der Waals surface area contributed by atoms with E-state index in [1.165, 1.54) is 10.8 Å². The maximum atomic E-state index is 13.3. The van der Waals surface area contributed by atoms with Crippen LogP contribution in [0.4, 0.5) is 5.69 Å². The van der Waals surface area contributed by atoms with Gasteiger partial charge in [-0.2, -0.15) is 0 Å². The number of imidazole rings is 1. The lowest BCUT2D eigenvalue weighted by Crippen LogP contribution is -2.24. The molecular formula is C34H29N3O2. The molecule has 1 unspecified atom stereocenters. The lowest BCUT2D eigenvalue weighted by atomic mass is 10.1. The first-order valence-corrected chi connectivity index (χ1v) is 13.6. The van der Waals surface area contributed by atoms with Gasteiger partial charge in [-0.15, -0.1) is 0 Å². The number of fused-ring (bicyclic) bond motifs is 3. The SMILES string of the molecule is O=C1CC(c2nc3ccccc3n2CCCOc2ccc3ccccc3c2)CN1c1cccc2ccccc12. The Balaban J connectivity index is 1.12. The monoisotopic (exact) mass is 511 g/mol. The number of nitrogens with zero attached hydrogens (tertiary/aromatic N) is 3. The average Bonchev–Trinajstić information content (AvgIpc) is 3.55. The topological polar surface area (TPSA) is 47.4 Å². The molecule has 0 aliphatic carbocycles. The quantitative estimate of drug-likeness (QED) is 0.211. The van der Waals surface area contributed by atoms with Crippen molar-refractivity contribution >= 4 is 44.2 Å². The molecule has 0 saturated carbocycles. The van der Waals surface area contributed by atoms with Crippen LogP contribution < -0.4 is 9.64 Å². The molecule has 1 aromatic heterocycles. The number of carbonyl (C=O) groups is 1. The Kier molecular flexibility index (Phi) is 5.97. The first-order valence-electron chi connectivity index (χ1n) is 13.6. The summed E-state index contributed by atoms with van der Waals surface area (Å²) < 4.78 is 8.42. The second kappa shape index (κ2) is 9.91. The van der Waals surface area contributed by atoms with E-state index in [1.807, 2.05) is 41.3 Å². The minimum atomic E-state index is 0.0327. The molecule has 1 saturated heterocycles. The van der Waals surface area contributed by atoms with E-state index in [-0.39, 0.29) is 11.8 Å². The number of hydrogen-bond acceptors (Lipinski definition) is 3. The van der Waals surface area contributed by atoms with Crippen LogP contribution in [0.5, 0.6) is 5.75 Å². The van der Waals surface area contributed by atoms with Crippen LogP contribution in [0.3, 0.4) is 0 Å². The molecular weight excluding hydrogens is 482 g/mol. The van der Waals surface area contributed by atoms with Crippen LogP contribution in [-0.2, 0) is 11.3 Å². The van der Waals surface area contributed by atoms with Gasteiger partial charge < -0.3 is 14.2 Å². The zero-order chi connectivity index (χ0) is 26.2. The first-order chi connectivity index (χ1) is 19.2. The van der Waals surface area contributed by atoms with Crippen molar-refractivity contribution in [3.8, 4) is 5.75 Å². The van der Waals surface area contributed by atoms with Crippen LogP contribution in [0.2, 0.25) is 0 Å². The summed E-state index contributed by atoms with van der Waals surface area (Å²) in [7, 11) is 0. The molecule has 0 bridgehead atoms. The molecule has 5 nitrogen and oxygen atoms in total. The summed E-state index contributed by atoms with van der Waals surface area (Å²) in [6.45, 7) is 2.02. The summed E-state index contributed by atoms with van der Waals surface area (Å²) in [6, 6.07) is 37.2. The molecule has 5 aromatic carbocycles. The Morgan fingerprint density at radius 2 is 1.56 bits per heavy atom. The zero-order valence-electron chi connectivity index (χ0n) is 21.7. The Bertz CT molecular complexity index is 1820. The van der Waals surface area contributed by atoms with E-state index < -0.39 is 0 Å². The predicted molar refractivity (Wildman–Crippen MR) is 157 cm³/mol. The number of anilines is 1. The Morgan fingerprint density at radius 3 is 2.49 bits per heavy atom. The van der Waals surface area contributed by atoms with Crippen LogP contribution in [-0.4, -0.2) is 28.6 Å². The van der Waals surface area contributed by atoms with Crippen LogP contribution >= 0.6 is 0 Å². The van der Waals surface area contributed by atoms with Crippen molar-refractivity contribution in [2.24, 2.45) is 0 Å². The minimum Gasteiger partial charge on any atom is -0.494 e. The van der Waals surface area contributed by atoms with E-state index in [2.05, 4.69) is 77.4 Å². The van der Waals surface area contributed by atoms with Gasteiger partial charge in [0.15, 0.2) is 0 Å². The molecule has 6 aromatic rings. The number of benzene rings is 5. The summed E-state index contributed by atoms with van der Waals surface area (Å²) in [5, 5.41) is 4.64. The second-order valence-corrected chi connectivity index (χ2v) is 10.2. The summed E-state index contributed by atoms with van der Waals surface area (Å²) in [6.07, 6.45) is 1.30. The van der Waals surface area contributed by atoms with Crippen molar-refractivity contribution in [3.63, 3.8) is 0 Å². The number of ether oxygens (including phenoxy) is 1. The van der Waals surface area contributed by atoms with Gasteiger partial charge >= 0.3 is 0 Å². The minimum absolute atomic E-state index is 0.0327. The van der Waals surface area contributed by atoms with Crippen molar-refractivity contribution < 1.29 is 9.53 Å². The Morgan fingerprint density at radius 1 is 0.795 bits per heavy atom. The highest BCUT2D eigenvalue weighted by Crippen LogP contribution is 2.36. The van der Waals surface area contributed by atoms with Gasteiger partial charge in [0.2, 0.25) is 5.91 Å². The molecule has 192 valence electrons. The summed E-state index contributed by atoms with van der Waals surface area (Å²) in [5.41, 5.74) is 3.06. The van der Waals surface area contributed by atoms with Gasteiger partial charge in [0, 0.05) is 30.8 Å².